The van der Waals surface area contributed by atoms with Crippen LogP contribution in [0.3, 0.4) is 0 Å². The van der Waals surface area contributed by atoms with E-state index in [0.29, 0.717) is 0 Å². The number of hydrogen-bond donors (Lipinski definition) is 3. The third-order valence-electron chi connectivity index (χ3n) is 6.61. The number of benzene rings is 3. The second-order valence-electron chi connectivity index (χ2n) is 9.46. The lowest BCUT2D eigenvalue weighted by atomic mass is 9.98. The Morgan fingerprint density at radius 3 is 2.03 bits per heavy atom. The number of aliphatic carboxylic acids is 1. The molecule has 2 unspecified atom stereocenters. The number of carboxylic acids is 1. The summed E-state index contributed by atoms with van der Waals surface area (Å²) < 4.78 is 11.2. The van der Waals surface area contributed by atoms with E-state index in [1.807, 2.05) is 66.7 Å². The molecule has 0 saturated carbocycles. The molecule has 4 rings (SSSR count). The number of carbonyl (C=O) groups is 3. The minimum Gasteiger partial charge on any atom is -0.480 e. The third kappa shape index (κ3) is 6.58. The van der Waals surface area contributed by atoms with Crippen molar-refractivity contribution in [2.75, 3.05) is 6.61 Å². The molecule has 3 N–H and O–H groups in total. The third-order valence-corrected chi connectivity index (χ3v) is 6.61. The van der Waals surface area contributed by atoms with Crippen LogP contribution < -0.4 is 10.6 Å². The topological polar surface area (TPSA) is 114 Å². The van der Waals surface area contributed by atoms with Crippen molar-refractivity contribution in [2.24, 2.45) is 0 Å². The van der Waals surface area contributed by atoms with Crippen LogP contribution in [-0.4, -0.2) is 47.9 Å². The van der Waals surface area contributed by atoms with Crippen molar-refractivity contribution in [3.63, 3.8) is 0 Å². The smallest absolute Gasteiger partial charge is 0.407 e. The van der Waals surface area contributed by atoms with E-state index >= 15 is 0 Å². The Bertz CT molecular complexity index is 1230. The number of hydrogen-bond acceptors (Lipinski definition) is 5. The summed E-state index contributed by atoms with van der Waals surface area (Å²) >= 11 is 0. The van der Waals surface area contributed by atoms with E-state index in [1.54, 1.807) is 13.8 Å². The number of ether oxygens (including phenoxy) is 2. The highest BCUT2D eigenvalue weighted by molar-refractivity contribution is 5.84. The predicted molar refractivity (Wildman–Crippen MR) is 143 cm³/mol. The second-order valence-corrected chi connectivity index (χ2v) is 9.46. The van der Waals surface area contributed by atoms with Crippen molar-refractivity contribution < 1.29 is 29.0 Å². The van der Waals surface area contributed by atoms with Crippen LogP contribution in [0.1, 0.15) is 42.9 Å². The normalized spacial score (nSPS) is 14.5. The monoisotopic (exact) mass is 516 g/mol. The fourth-order valence-corrected chi connectivity index (χ4v) is 4.68. The largest absolute Gasteiger partial charge is 0.480 e. The van der Waals surface area contributed by atoms with Crippen LogP contribution in [0.15, 0.2) is 78.9 Å². The fourth-order valence-electron chi connectivity index (χ4n) is 4.68. The van der Waals surface area contributed by atoms with E-state index in [2.05, 4.69) is 22.8 Å². The summed E-state index contributed by atoms with van der Waals surface area (Å²) in [7, 11) is 0. The summed E-state index contributed by atoms with van der Waals surface area (Å²) in [5, 5.41) is 14.8. The van der Waals surface area contributed by atoms with E-state index in [0.717, 1.165) is 27.8 Å². The second kappa shape index (κ2) is 12.4. The molecule has 1 aliphatic rings. The van der Waals surface area contributed by atoms with Crippen molar-refractivity contribution in [2.45, 2.75) is 51.0 Å². The van der Waals surface area contributed by atoms with Crippen LogP contribution in [-0.2, 0) is 25.7 Å². The zero-order chi connectivity index (χ0) is 27.1. The Hall–Kier alpha value is -4.17. The fraction of sp³-hybridized carbons (Fsp3) is 0.300. The molecule has 3 atom stereocenters. The highest BCUT2D eigenvalue weighted by Crippen LogP contribution is 2.44. The van der Waals surface area contributed by atoms with Crippen LogP contribution in [0.4, 0.5) is 4.79 Å². The van der Waals surface area contributed by atoms with Crippen LogP contribution in [0.5, 0.6) is 0 Å². The Labute approximate surface area is 222 Å². The van der Waals surface area contributed by atoms with Gasteiger partial charge in [-0.15, -0.1) is 0 Å². The first-order chi connectivity index (χ1) is 18.3. The molecule has 2 amide bonds. The van der Waals surface area contributed by atoms with E-state index in [9.17, 15) is 19.5 Å². The molecule has 38 heavy (non-hydrogen) atoms. The Kier molecular flexibility index (Phi) is 8.76. The number of fused-ring (bicyclic) bond motifs is 3. The first-order valence-corrected chi connectivity index (χ1v) is 12.6. The van der Waals surface area contributed by atoms with E-state index in [4.69, 9.17) is 9.47 Å². The molecule has 198 valence electrons. The number of amides is 2. The van der Waals surface area contributed by atoms with Gasteiger partial charge < -0.3 is 25.2 Å². The molecule has 0 aliphatic heterocycles. The van der Waals surface area contributed by atoms with Crippen molar-refractivity contribution in [3.8, 4) is 11.1 Å². The average molecular weight is 517 g/mol. The summed E-state index contributed by atoms with van der Waals surface area (Å²) in [6.07, 6.45) is -1.51. The van der Waals surface area contributed by atoms with Gasteiger partial charge in [-0.25, -0.2) is 9.59 Å². The quantitative estimate of drug-likeness (QED) is 0.346. The van der Waals surface area contributed by atoms with Crippen LogP contribution in [0.2, 0.25) is 0 Å². The van der Waals surface area contributed by atoms with Crippen LogP contribution in [0.25, 0.3) is 11.1 Å². The maximum Gasteiger partial charge on any atom is 0.407 e. The molecule has 0 spiro atoms. The molecule has 0 fully saturated rings. The average Bonchev–Trinajstić information content (AvgIpc) is 3.23. The minimum absolute atomic E-state index is 0.0690. The lowest BCUT2D eigenvalue weighted by molar-refractivity contribution is -0.146. The van der Waals surface area contributed by atoms with Gasteiger partial charge in [0.2, 0.25) is 5.91 Å². The lowest BCUT2D eigenvalue weighted by Crippen LogP contribution is -2.50. The van der Waals surface area contributed by atoms with Gasteiger partial charge in [-0.3, -0.25) is 4.79 Å². The first kappa shape index (κ1) is 26.9. The Morgan fingerprint density at radius 1 is 0.842 bits per heavy atom. The summed E-state index contributed by atoms with van der Waals surface area (Å²) in [6, 6.07) is 23.7. The Morgan fingerprint density at radius 2 is 1.42 bits per heavy atom. The van der Waals surface area contributed by atoms with Gasteiger partial charge in [-0.05, 0) is 41.7 Å². The molecule has 0 radical (unpaired) electrons. The SMILES string of the molecule is CC(OCc1ccccc1)C(NC(=O)C[C@H](C)NC(=O)OCC1c2ccccc2-c2ccccc21)C(=O)O. The maximum atomic E-state index is 12.5. The molecular weight excluding hydrogens is 484 g/mol. The first-order valence-electron chi connectivity index (χ1n) is 12.6. The molecule has 0 heterocycles. The minimum atomic E-state index is -1.23. The summed E-state index contributed by atoms with van der Waals surface area (Å²) in [6.45, 7) is 3.64. The predicted octanol–water partition coefficient (Wildman–Crippen LogP) is 4.48. The molecular formula is C30H32N2O6. The summed E-state index contributed by atoms with van der Waals surface area (Å²) in [5.41, 5.74) is 5.39. The van der Waals surface area contributed by atoms with Crippen molar-refractivity contribution >= 4 is 18.0 Å². The number of carbonyl (C=O) groups excluding carboxylic acids is 2. The molecule has 1 aliphatic carbocycles. The maximum absolute atomic E-state index is 12.5. The number of rotatable bonds is 11. The molecule has 0 aromatic heterocycles. The van der Waals surface area contributed by atoms with Gasteiger partial charge in [0, 0.05) is 18.4 Å². The van der Waals surface area contributed by atoms with Crippen molar-refractivity contribution in [3.05, 3.63) is 95.6 Å². The molecule has 0 saturated heterocycles. The van der Waals surface area contributed by atoms with Gasteiger partial charge in [0.15, 0.2) is 6.04 Å². The summed E-state index contributed by atoms with van der Waals surface area (Å²) in [4.78, 5) is 36.8. The number of carboxylic acid groups (broad SMARTS) is 1. The molecule has 8 nitrogen and oxygen atoms in total. The van der Waals surface area contributed by atoms with Crippen LogP contribution >= 0.6 is 0 Å². The number of nitrogens with one attached hydrogen (secondary N) is 2. The van der Waals surface area contributed by atoms with E-state index in [-0.39, 0.29) is 25.6 Å². The highest BCUT2D eigenvalue weighted by atomic mass is 16.5. The zero-order valence-corrected chi connectivity index (χ0v) is 21.4. The summed E-state index contributed by atoms with van der Waals surface area (Å²) in [5.74, 6) is -1.78. The highest BCUT2D eigenvalue weighted by Gasteiger charge is 2.30. The van der Waals surface area contributed by atoms with E-state index < -0.39 is 36.2 Å². The van der Waals surface area contributed by atoms with Crippen molar-refractivity contribution in [1.82, 2.24) is 10.6 Å². The van der Waals surface area contributed by atoms with Gasteiger partial charge in [-0.1, -0.05) is 78.9 Å². The Balaban J connectivity index is 1.25. The van der Waals surface area contributed by atoms with Gasteiger partial charge in [0.25, 0.3) is 0 Å². The lowest BCUT2D eigenvalue weighted by Gasteiger charge is -2.23. The van der Waals surface area contributed by atoms with Gasteiger partial charge >= 0.3 is 12.1 Å². The van der Waals surface area contributed by atoms with Crippen molar-refractivity contribution in [1.29, 1.82) is 0 Å². The van der Waals surface area contributed by atoms with Gasteiger partial charge in [-0.2, -0.15) is 0 Å². The molecule has 0 bridgehead atoms. The van der Waals surface area contributed by atoms with E-state index in [1.165, 1.54) is 0 Å². The van der Waals surface area contributed by atoms with Gasteiger partial charge in [0.1, 0.15) is 6.61 Å². The van der Waals surface area contributed by atoms with Gasteiger partial charge in [0.05, 0.1) is 12.7 Å². The molecule has 3 aromatic carbocycles. The standard InChI is InChI=1S/C30H32N2O6/c1-19(16-27(33)32-28(29(34)35)20(2)37-17-21-10-4-3-5-11-21)31-30(36)38-18-26-24-14-8-6-12-22(24)23-13-7-9-15-25(23)26/h3-15,19-20,26,28H,16-18H2,1-2H3,(H,31,36)(H,32,33)(H,34,35)/t19-,20?,28?/m0/s1. The number of alkyl carbamates (subject to hydrolysis) is 1. The molecule has 3 aromatic rings. The zero-order valence-electron chi connectivity index (χ0n) is 21.4. The molecule has 8 heteroatoms. The van der Waals surface area contributed by atoms with Crippen LogP contribution in [0, 0.1) is 0 Å².